The molecule has 8 aromatic carbocycles. The Bertz CT molecular complexity index is 3620. The summed E-state index contributed by atoms with van der Waals surface area (Å²) >= 11 is 0. The van der Waals surface area contributed by atoms with E-state index in [2.05, 4.69) is 176 Å². The Balaban J connectivity index is 0.969. The normalized spacial score (nSPS) is 11.8. The summed E-state index contributed by atoms with van der Waals surface area (Å²) in [5.74, 6) is 0. The zero-order valence-electron chi connectivity index (χ0n) is 31.3. The van der Waals surface area contributed by atoms with Crippen molar-refractivity contribution >= 4 is 76.1 Å². The van der Waals surface area contributed by atoms with Gasteiger partial charge in [-0.15, -0.1) is 0 Å². The number of para-hydroxylation sites is 1. The summed E-state index contributed by atoms with van der Waals surface area (Å²) in [6, 6.07) is 68.6. The summed E-state index contributed by atoms with van der Waals surface area (Å²) in [5.41, 5.74) is 13.0. The number of hydrogen-bond donors (Lipinski definition) is 0. The maximum absolute atomic E-state index is 5.35. The van der Waals surface area contributed by atoms with Gasteiger partial charge in [0.05, 0.1) is 44.7 Å². The Hall–Kier alpha value is -7.82. The highest BCUT2D eigenvalue weighted by Gasteiger charge is 2.16. The second-order valence-electron chi connectivity index (χ2n) is 15.0. The molecule has 12 aromatic rings. The lowest BCUT2D eigenvalue weighted by atomic mass is 9.95. The highest BCUT2D eigenvalue weighted by molar-refractivity contribution is 6.16. The fourth-order valence-corrected chi connectivity index (χ4v) is 8.69. The van der Waals surface area contributed by atoms with Crippen LogP contribution in [0, 0.1) is 0 Å². The molecule has 12 rings (SSSR count). The second kappa shape index (κ2) is 12.9. The molecule has 0 radical (unpaired) electrons. The molecule has 0 saturated carbocycles. The number of fused-ring (bicyclic) bond motifs is 10. The van der Waals surface area contributed by atoms with E-state index in [1.165, 1.54) is 27.3 Å². The molecule has 4 heterocycles. The van der Waals surface area contributed by atoms with Crippen LogP contribution in [0.3, 0.4) is 0 Å². The molecule has 0 amide bonds. The first-order chi connectivity index (χ1) is 28.7. The van der Waals surface area contributed by atoms with E-state index in [1.807, 2.05) is 18.2 Å². The molecule has 58 heavy (non-hydrogen) atoms. The summed E-state index contributed by atoms with van der Waals surface area (Å²) in [4.78, 5) is 20.9. The van der Waals surface area contributed by atoms with E-state index in [9.17, 15) is 0 Å². The lowest BCUT2D eigenvalue weighted by Crippen LogP contribution is -1.93. The summed E-state index contributed by atoms with van der Waals surface area (Å²) in [5, 5.41) is 10.2. The minimum absolute atomic E-state index is 0.905. The summed E-state index contributed by atoms with van der Waals surface area (Å²) in [6.45, 7) is 0. The topological polar surface area (TPSA) is 51.6 Å². The van der Waals surface area contributed by atoms with Crippen molar-refractivity contribution in [3.63, 3.8) is 0 Å². The Labute approximate surface area is 333 Å². The first kappa shape index (κ1) is 32.4. The first-order valence-electron chi connectivity index (χ1n) is 19.6. The first-order valence-corrected chi connectivity index (χ1v) is 19.6. The molecule has 0 unspecified atom stereocenters. The van der Waals surface area contributed by atoms with E-state index >= 15 is 0 Å². The number of aromatic nitrogens is 4. The van der Waals surface area contributed by atoms with Crippen LogP contribution in [0.25, 0.3) is 121 Å². The third-order valence-corrected chi connectivity index (χ3v) is 11.6. The minimum atomic E-state index is 0.905. The van der Waals surface area contributed by atoms with Crippen LogP contribution in [0.4, 0.5) is 0 Å². The highest BCUT2D eigenvalue weighted by atomic mass is 14.8. The predicted octanol–water partition coefficient (Wildman–Crippen LogP) is 14.0. The van der Waals surface area contributed by atoms with Gasteiger partial charge < -0.3 is 0 Å². The van der Waals surface area contributed by atoms with E-state index < -0.39 is 0 Å². The number of nitrogens with zero attached hydrogens (tertiary/aromatic N) is 4. The third kappa shape index (κ3) is 5.23. The fraction of sp³-hybridized carbons (Fsp3) is 0. The van der Waals surface area contributed by atoms with Crippen LogP contribution in [0.15, 0.2) is 194 Å². The summed E-state index contributed by atoms with van der Waals surface area (Å²) in [7, 11) is 0. The van der Waals surface area contributed by atoms with E-state index in [4.69, 9.17) is 19.9 Å². The molecule has 0 aliphatic rings. The van der Waals surface area contributed by atoms with Gasteiger partial charge in [0.15, 0.2) is 0 Å². The summed E-state index contributed by atoms with van der Waals surface area (Å²) < 4.78 is 0. The van der Waals surface area contributed by atoms with Gasteiger partial charge in [-0.1, -0.05) is 158 Å². The Morgan fingerprint density at radius 3 is 1.43 bits per heavy atom. The molecule has 0 aliphatic heterocycles. The van der Waals surface area contributed by atoms with Gasteiger partial charge >= 0.3 is 0 Å². The molecule has 4 nitrogen and oxygen atoms in total. The molecule has 0 spiro atoms. The highest BCUT2D eigenvalue weighted by Crippen LogP contribution is 2.39. The lowest BCUT2D eigenvalue weighted by Gasteiger charge is -2.13. The van der Waals surface area contributed by atoms with Crippen molar-refractivity contribution in [2.45, 2.75) is 0 Å². The molecule has 0 N–H and O–H groups in total. The van der Waals surface area contributed by atoms with E-state index in [1.54, 1.807) is 0 Å². The minimum Gasteiger partial charge on any atom is -0.245 e. The van der Waals surface area contributed by atoms with Crippen molar-refractivity contribution < 1.29 is 0 Å². The molecule has 0 saturated heterocycles. The molecule has 4 aromatic heterocycles. The van der Waals surface area contributed by atoms with Gasteiger partial charge in [0.2, 0.25) is 0 Å². The van der Waals surface area contributed by atoms with Crippen molar-refractivity contribution in [1.82, 2.24) is 19.9 Å². The molecular weight excluding hydrogens is 705 g/mol. The monoisotopic (exact) mass is 736 g/mol. The quantitative estimate of drug-likeness (QED) is 0.133. The smallest absolute Gasteiger partial charge is 0.0978 e. The van der Waals surface area contributed by atoms with Gasteiger partial charge in [-0.3, -0.25) is 0 Å². The van der Waals surface area contributed by atoms with Gasteiger partial charge in [-0.25, -0.2) is 19.9 Å². The van der Waals surface area contributed by atoms with E-state index in [0.717, 1.165) is 93.7 Å². The Morgan fingerprint density at radius 1 is 0.241 bits per heavy atom. The SMILES string of the molecule is c1ccc(-c2ccc3ccc4ccc(-c5ccc6c(ccc7ccc(-c8ccc9ccc%10c(-c%11ccccc%11)c%11ccccc%11nc%10c9n8)cc76)c5)nc4c3n2)cc1. The van der Waals surface area contributed by atoms with Crippen LogP contribution >= 0.6 is 0 Å². The van der Waals surface area contributed by atoms with Crippen molar-refractivity contribution in [3.05, 3.63) is 194 Å². The second-order valence-corrected chi connectivity index (χ2v) is 15.0. The largest absolute Gasteiger partial charge is 0.245 e. The van der Waals surface area contributed by atoms with Crippen LogP contribution in [0.5, 0.6) is 0 Å². The number of benzene rings is 8. The molecule has 0 fully saturated rings. The lowest BCUT2D eigenvalue weighted by molar-refractivity contribution is 1.37. The van der Waals surface area contributed by atoms with Gasteiger partial charge in [0.1, 0.15) is 0 Å². The van der Waals surface area contributed by atoms with E-state index in [-0.39, 0.29) is 0 Å². The van der Waals surface area contributed by atoms with Gasteiger partial charge in [0.25, 0.3) is 0 Å². The van der Waals surface area contributed by atoms with Crippen LogP contribution in [0.1, 0.15) is 0 Å². The number of hydrogen-bond acceptors (Lipinski definition) is 4. The van der Waals surface area contributed by atoms with Gasteiger partial charge in [0, 0.05) is 49.2 Å². The van der Waals surface area contributed by atoms with Gasteiger partial charge in [-0.05, 0) is 63.5 Å². The number of rotatable bonds is 4. The average molecular weight is 737 g/mol. The number of pyridine rings is 4. The maximum atomic E-state index is 5.35. The molecule has 0 atom stereocenters. The predicted molar refractivity (Wildman–Crippen MR) is 242 cm³/mol. The maximum Gasteiger partial charge on any atom is 0.0978 e. The summed E-state index contributed by atoms with van der Waals surface area (Å²) in [6.07, 6.45) is 0. The third-order valence-electron chi connectivity index (χ3n) is 11.6. The van der Waals surface area contributed by atoms with Crippen LogP contribution in [0.2, 0.25) is 0 Å². The standard InChI is InChI=1S/C54H32N4/c1-3-9-34(10-4-1)46-28-23-36-17-18-37-24-29-47(56-52(37)51(36)55-46)40-22-26-42-39(31-40)19-15-33-16-20-41(32-45(33)42)48-30-25-38-21-27-44-50(35-11-5-2-6-12-35)43-13-7-8-14-49(43)58-54(44)53(38)57-48/h1-32H. The van der Waals surface area contributed by atoms with Crippen molar-refractivity contribution in [2.24, 2.45) is 0 Å². The Morgan fingerprint density at radius 2 is 0.724 bits per heavy atom. The zero-order chi connectivity index (χ0) is 38.2. The van der Waals surface area contributed by atoms with Crippen LogP contribution in [-0.4, -0.2) is 19.9 Å². The molecular formula is C54H32N4. The van der Waals surface area contributed by atoms with E-state index in [0.29, 0.717) is 0 Å². The molecule has 0 aliphatic carbocycles. The molecule has 0 bridgehead atoms. The van der Waals surface area contributed by atoms with Crippen molar-refractivity contribution in [2.75, 3.05) is 0 Å². The van der Waals surface area contributed by atoms with Crippen molar-refractivity contribution in [1.29, 1.82) is 0 Å². The zero-order valence-corrected chi connectivity index (χ0v) is 31.3. The fourth-order valence-electron chi connectivity index (χ4n) is 8.69. The molecule has 4 heteroatoms. The Kier molecular flexibility index (Phi) is 7.20. The van der Waals surface area contributed by atoms with Crippen LogP contribution in [-0.2, 0) is 0 Å². The van der Waals surface area contributed by atoms with Gasteiger partial charge in [-0.2, -0.15) is 0 Å². The van der Waals surface area contributed by atoms with Crippen molar-refractivity contribution in [3.8, 4) is 44.9 Å². The van der Waals surface area contributed by atoms with Crippen LogP contribution < -0.4 is 0 Å². The molecule has 268 valence electrons. The average Bonchev–Trinajstić information content (AvgIpc) is 3.30.